The fraction of sp³-hybridized carbons (Fsp3) is 0.588. The van der Waals surface area contributed by atoms with E-state index in [1.165, 1.54) is 5.56 Å². The lowest BCUT2D eigenvalue weighted by atomic mass is 10.1. The van der Waals surface area contributed by atoms with Crippen molar-refractivity contribution in [3.63, 3.8) is 0 Å². The molecule has 21 heavy (non-hydrogen) atoms. The van der Waals surface area contributed by atoms with Crippen LogP contribution in [0, 0.1) is 0 Å². The van der Waals surface area contributed by atoms with Gasteiger partial charge in [0.2, 0.25) is 5.91 Å². The molecule has 1 aromatic rings. The van der Waals surface area contributed by atoms with E-state index in [0.717, 1.165) is 25.3 Å². The highest BCUT2D eigenvalue weighted by Crippen LogP contribution is 2.18. The molecule has 1 fully saturated rings. The van der Waals surface area contributed by atoms with Crippen molar-refractivity contribution in [2.75, 3.05) is 19.7 Å². The summed E-state index contributed by atoms with van der Waals surface area (Å²) in [4.78, 5) is 13.6. The maximum absolute atomic E-state index is 11.6. The highest BCUT2D eigenvalue weighted by molar-refractivity contribution is 5.78. The van der Waals surface area contributed by atoms with Crippen molar-refractivity contribution in [2.45, 2.75) is 45.7 Å². The highest BCUT2D eigenvalue weighted by atomic mass is 16.5. The van der Waals surface area contributed by atoms with Crippen molar-refractivity contribution in [3.05, 3.63) is 29.8 Å². The van der Waals surface area contributed by atoms with Crippen LogP contribution < -0.4 is 10.1 Å². The van der Waals surface area contributed by atoms with Crippen molar-refractivity contribution in [1.82, 2.24) is 10.2 Å². The molecule has 1 aliphatic rings. The number of hydrogen-bond acceptors (Lipinski definition) is 3. The molecule has 0 spiro atoms. The minimum atomic E-state index is 0.258. The molecule has 4 nitrogen and oxygen atoms in total. The highest BCUT2D eigenvalue weighted by Gasteiger charge is 2.22. The average molecular weight is 290 g/mol. The van der Waals surface area contributed by atoms with E-state index in [-0.39, 0.29) is 18.0 Å². The molecule has 1 saturated heterocycles. The smallest absolute Gasteiger partial charge is 0.222 e. The first kappa shape index (κ1) is 15.8. The average Bonchev–Trinajstić information content (AvgIpc) is 2.85. The standard InChI is InChI=1S/C17H26N2O2/c1-4-21-16-9-7-15(8-10-16)14(3)18-13(2)12-19-11-5-6-17(19)20/h7-10,13-14,18H,4-6,11-12H2,1-3H3. The number of nitrogens with zero attached hydrogens (tertiary/aromatic N) is 1. The van der Waals surface area contributed by atoms with Crippen LogP contribution in [0.2, 0.25) is 0 Å². The van der Waals surface area contributed by atoms with E-state index in [2.05, 4.69) is 31.3 Å². The minimum absolute atomic E-state index is 0.258. The van der Waals surface area contributed by atoms with Crippen molar-refractivity contribution in [3.8, 4) is 5.75 Å². The molecule has 0 aromatic heterocycles. The third-order valence-electron chi connectivity index (χ3n) is 3.89. The first-order valence-corrected chi connectivity index (χ1v) is 7.86. The summed E-state index contributed by atoms with van der Waals surface area (Å²) in [5, 5.41) is 3.56. The van der Waals surface area contributed by atoms with Gasteiger partial charge < -0.3 is 15.0 Å². The Labute approximate surface area is 127 Å². The van der Waals surface area contributed by atoms with Crippen LogP contribution >= 0.6 is 0 Å². The van der Waals surface area contributed by atoms with E-state index in [0.29, 0.717) is 13.0 Å². The molecule has 0 saturated carbocycles. The van der Waals surface area contributed by atoms with E-state index < -0.39 is 0 Å². The van der Waals surface area contributed by atoms with Gasteiger partial charge in [0.1, 0.15) is 5.75 Å². The molecule has 0 bridgehead atoms. The third kappa shape index (κ3) is 4.46. The van der Waals surface area contributed by atoms with Gasteiger partial charge in [-0.1, -0.05) is 12.1 Å². The SMILES string of the molecule is CCOc1ccc(C(C)NC(C)CN2CCCC2=O)cc1. The molecule has 2 unspecified atom stereocenters. The van der Waals surface area contributed by atoms with Gasteiger partial charge in [-0.25, -0.2) is 0 Å². The number of carbonyl (C=O) groups excluding carboxylic acids is 1. The summed E-state index contributed by atoms with van der Waals surface area (Å²) < 4.78 is 5.46. The Balaban J connectivity index is 1.84. The summed E-state index contributed by atoms with van der Waals surface area (Å²) in [6, 6.07) is 8.74. The zero-order valence-electron chi connectivity index (χ0n) is 13.3. The van der Waals surface area contributed by atoms with Crippen LogP contribution in [0.25, 0.3) is 0 Å². The molecule has 2 rings (SSSR count). The number of carbonyl (C=O) groups is 1. The van der Waals surface area contributed by atoms with Crippen LogP contribution in [0.1, 0.15) is 45.2 Å². The van der Waals surface area contributed by atoms with Gasteiger partial charge in [-0.3, -0.25) is 4.79 Å². The Bertz CT molecular complexity index is 458. The molecule has 1 heterocycles. The largest absolute Gasteiger partial charge is 0.494 e. The van der Waals surface area contributed by atoms with Crippen LogP contribution in [0.15, 0.2) is 24.3 Å². The quantitative estimate of drug-likeness (QED) is 0.839. The summed E-state index contributed by atoms with van der Waals surface area (Å²) in [6.45, 7) is 8.66. The summed E-state index contributed by atoms with van der Waals surface area (Å²) in [5.41, 5.74) is 1.23. The lowest BCUT2D eigenvalue weighted by Crippen LogP contribution is -2.40. The molecule has 0 aliphatic carbocycles. The molecule has 2 atom stereocenters. The molecule has 1 N–H and O–H groups in total. The molecule has 1 aliphatic heterocycles. The Hall–Kier alpha value is -1.55. The number of ether oxygens (including phenoxy) is 1. The Morgan fingerprint density at radius 2 is 2.00 bits per heavy atom. The Morgan fingerprint density at radius 3 is 2.57 bits per heavy atom. The fourth-order valence-corrected chi connectivity index (χ4v) is 2.82. The van der Waals surface area contributed by atoms with E-state index in [1.54, 1.807) is 0 Å². The second kappa shape index (κ2) is 7.46. The van der Waals surface area contributed by atoms with Crippen molar-refractivity contribution >= 4 is 5.91 Å². The lowest BCUT2D eigenvalue weighted by Gasteiger charge is -2.25. The van der Waals surface area contributed by atoms with E-state index in [9.17, 15) is 4.79 Å². The summed E-state index contributed by atoms with van der Waals surface area (Å²) in [6.07, 6.45) is 1.71. The van der Waals surface area contributed by atoms with Gasteiger partial charge in [-0.15, -0.1) is 0 Å². The first-order chi connectivity index (χ1) is 10.1. The predicted molar refractivity (Wildman–Crippen MR) is 84.4 cm³/mol. The Kier molecular flexibility index (Phi) is 5.62. The minimum Gasteiger partial charge on any atom is -0.494 e. The van der Waals surface area contributed by atoms with Gasteiger partial charge in [0.05, 0.1) is 6.61 Å². The van der Waals surface area contributed by atoms with Gasteiger partial charge in [-0.05, 0) is 44.9 Å². The Morgan fingerprint density at radius 1 is 1.29 bits per heavy atom. The normalized spacial score (nSPS) is 17.9. The maximum Gasteiger partial charge on any atom is 0.222 e. The zero-order chi connectivity index (χ0) is 15.2. The molecular formula is C17H26N2O2. The zero-order valence-corrected chi connectivity index (χ0v) is 13.3. The second-order valence-corrected chi connectivity index (χ2v) is 5.73. The maximum atomic E-state index is 11.6. The van der Waals surface area contributed by atoms with Crippen molar-refractivity contribution in [1.29, 1.82) is 0 Å². The van der Waals surface area contributed by atoms with Gasteiger partial charge >= 0.3 is 0 Å². The molecular weight excluding hydrogens is 264 g/mol. The lowest BCUT2D eigenvalue weighted by molar-refractivity contribution is -0.127. The molecule has 116 valence electrons. The first-order valence-electron chi connectivity index (χ1n) is 7.86. The van der Waals surface area contributed by atoms with Crippen LogP contribution in [-0.2, 0) is 4.79 Å². The predicted octanol–water partition coefficient (Wildman–Crippen LogP) is 2.75. The van der Waals surface area contributed by atoms with Crippen molar-refractivity contribution in [2.24, 2.45) is 0 Å². The topological polar surface area (TPSA) is 41.6 Å². The number of likely N-dealkylation sites (tertiary alicyclic amines) is 1. The van der Waals surface area contributed by atoms with Crippen LogP contribution in [0.4, 0.5) is 0 Å². The van der Waals surface area contributed by atoms with Gasteiger partial charge in [-0.2, -0.15) is 0 Å². The summed E-state index contributed by atoms with van der Waals surface area (Å²) in [5.74, 6) is 1.20. The van der Waals surface area contributed by atoms with Gasteiger partial charge in [0, 0.05) is 31.6 Å². The van der Waals surface area contributed by atoms with Crippen LogP contribution in [0.3, 0.4) is 0 Å². The second-order valence-electron chi connectivity index (χ2n) is 5.73. The number of rotatable bonds is 7. The van der Waals surface area contributed by atoms with Gasteiger partial charge in [0.15, 0.2) is 0 Å². The molecule has 1 amide bonds. The van der Waals surface area contributed by atoms with Crippen LogP contribution in [-0.4, -0.2) is 36.5 Å². The number of amides is 1. The monoisotopic (exact) mass is 290 g/mol. The molecule has 1 aromatic carbocycles. The van der Waals surface area contributed by atoms with E-state index >= 15 is 0 Å². The molecule has 0 radical (unpaired) electrons. The number of hydrogen-bond donors (Lipinski definition) is 1. The number of benzene rings is 1. The third-order valence-corrected chi connectivity index (χ3v) is 3.89. The summed E-state index contributed by atoms with van der Waals surface area (Å²) in [7, 11) is 0. The van der Waals surface area contributed by atoms with Crippen molar-refractivity contribution < 1.29 is 9.53 Å². The van der Waals surface area contributed by atoms with Gasteiger partial charge in [0.25, 0.3) is 0 Å². The van der Waals surface area contributed by atoms with E-state index in [1.807, 2.05) is 24.0 Å². The van der Waals surface area contributed by atoms with E-state index in [4.69, 9.17) is 4.74 Å². The van der Waals surface area contributed by atoms with Crippen LogP contribution in [0.5, 0.6) is 5.75 Å². The summed E-state index contributed by atoms with van der Waals surface area (Å²) >= 11 is 0. The molecule has 4 heteroatoms. The fourth-order valence-electron chi connectivity index (χ4n) is 2.82. The number of nitrogens with one attached hydrogen (secondary N) is 1.